The highest BCUT2D eigenvalue weighted by Gasteiger charge is 2.17. The van der Waals surface area contributed by atoms with E-state index in [0.29, 0.717) is 23.5 Å². The zero-order valence-corrected chi connectivity index (χ0v) is 18.3. The molecule has 0 radical (unpaired) electrons. The molecule has 0 saturated carbocycles. The molecule has 0 bridgehead atoms. The number of hydrogen-bond acceptors (Lipinski definition) is 3. The van der Waals surface area contributed by atoms with Gasteiger partial charge in [0.2, 0.25) is 0 Å². The zero-order chi connectivity index (χ0) is 23.4. The molecule has 1 N–H and O–H groups in total. The highest BCUT2D eigenvalue weighted by molar-refractivity contribution is 6.11. The normalized spacial score (nSPS) is 11.3. The minimum absolute atomic E-state index is 0.0327. The number of benzene rings is 3. The third-order valence-electron chi connectivity index (χ3n) is 5.55. The summed E-state index contributed by atoms with van der Waals surface area (Å²) < 4.78 is 21.5. The van der Waals surface area contributed by atoms with Crippen molar-refractivity contribution >= 4 is 28.6 Å². The number of carbonyl (C=O) groups excluding carboxylic acids is 1. The molecular weight excluding hydrogens is 417 g/mol. The third kappa shape index (κ3) is 4.48. The molecule has 3 aromatic carbocycles. The van der Waals surface area contributed by atoms with Gasteiger partial charge in [0.25, 0.3) is 5.91 Å². The van der Waals surface area contributed by atoms with Gasteiger partial charge in [0.05, 0.1) is 13.7 Å². The number of ether oxygens (including phenoxy) is 1. The molecule has 1 amide bonds. The van der Waals surface area contributed by atoms with Crippen LogP contribution >= 0.6 is 0 Å². The van der Waals surface area contributed by atoms with E-state index in [0.717, 1.165) is 22.2 Å². The lowest BCUT2D eigenvalue weighted by atomic mass is 10.1. The van der Waals surface area contributed by atoms with Crippen LogP contribution < -0.4 is 10.1 Å². The number of fused-ring (bicyclic) bond motifs is 1. The molecular formula is C27H22FN3O2. The molecule has 0 aliphatic heterocycles. The van der Waals surface area contributed by atoms with Crippen LogP contribution in [-0.4, -0.2) is 17.6 Å². The van der Waals surface area contributed by atoms with Crippen LogP contribution in [0.1, 0.15) is 16.8 Å². The van der Waals surface area contributed by atoms with E-state index in [9.17, 15) is 14.4 Å². The third-order valence-corrected chi connectivity index (χ3v) is 5.55. The Morgan fingerprint density at radius 3 is 2.64 bits per heavy atom. The first-order valence-corrected chi connectivity index (χ1v) is 10.4. The number of anilines is 1. The van der Waals surface area contributed by atoms with Crippen LogP contribution in [0.5, 0.6) is 5.75 Å². The number of nitrogens with zero attached hydrogens (tertiary/aromatic N) is 2. The number of nitrogens with one attached hydrogen (secondary N) is 1. The Morgan fingerprint density at radius 2 is 1.88 bits per heavy atom. The van der Waals surface area contributed by atoms with E-state index < -0.39 is 5.91 Å². The molecule has 1 heterocycles. The Kier molecular flexibility index (Phi) is 6.23. The van der Waals surface area contributed by atoms with Crippen LogP contribution in [-0.2, 0) is 11.3 Å². The predicted octanol–water partition coefficient (Wildman–Crippen LogP) is 5.69. The zero-order valence-electron chi connectivity index (χ0n) is 18.3. The molecule has 0 atom stereocenters. The van der Waals surface area contributed by atoms with Crippen molar-refractivity contribution in [3.05, 3.63) is 101 Å². The second-order valence-electron chi connectivity index (χ2n) is 7.55. The summed E-state index contributed by atoms with van der Waals surface area (Å²) in [4.78, 5) is 12.8. The number of amides is 1. The van der Waals surface area contributed by atoms with Gasteiger partial charge >= 0.3 is 0 Å². The van der Waals surface area contributed by atoms with Gasteiger partial charge < -0.3 is 14.6 Å². The number of para-hydroxylation sites is 1. The molecule has 5 nitrogen and oxygen atoms in total. The summed E-state index contributed by atoms with van der Waals surface area (Å²) in [5, 5.41) is 13.3. The van der Waals surface area contributed by atoms with Crippen LogP contribution in [0.15, 0.2) is 78.4 Å². The summed E-state index contributed by atoms with van der Waals surface area (Å²) in [6.07, 6.45) is 1.59. The van der Waals surface area contributed by atoms with Gasteiger partial charge in [-0.1, -0.05) is 42.5 Å². The molecule has 4 rings (SSSR count). The van der Waals surface area contributed by atoms with Gasteiger partial charge in [-0.15, -0.1) is 0 Å². The Hall–Kier alpha value is -4.37. The number of nitriles is 1. The van der Waals surface area contributed by atoms with Crippen LogP contribution in [0, 0.1) is 24.1 Å². The smallest absolute Gasteiger partial charge is 0.266 e. The fourth-order valence-corrected chi connectivity index (χ4v) is 3.83. The number of aromatic nitrogens is 1. The second kappa shape index (κ2) is 9.41. The van der Waals surface area contributed by atoms with Crippen molar-refractivity contribution in [2.75, 3.05) is 12.4 Å². The molecule has 164 valence electrons. The number of halogens is 1. The van der Waals surface area contributed by atoms with E-state index in [-0.39, 0.29) is 11.4 Å². The van der Waals surface area contributed by atoms with E-state index in [2.05, 4.69) is 5.32 Å². The minimum Gasteiger partial charge on any atom is -0.497 e. The number of rotatable bonds is 6. The van der Waals surface area contributed by atoms with Gasteiger partial charge in [0.1, 0.15) is 23.2 Å². The minimum atomic E-state index is -0.518. The molecule has 0 aliphatic carbocycles. The SMILES string of the molecule is COc1cccc(NC(=O)C(C#N)=Cc2c(C)n(Cc3ccccc3F)c3ccccc23)c1. The number of methoxy groups -OCH3 is 1. The Morgan fingerprint density at radius 1 is 1.12 bits per heavy atom. The topological polar surface area (TPSA) is 67.0 Å². The Balaban J connectivity index is 1.74. The lowest BCUT2D eigenvalue weighted by Gasteiger charge is -2.10. The predicted molar refractivity (Wildman–Crippen MR) is 127 cm³/mol. The maximum Gasteiger partial charge on any atom is 0.266 e. The van der Waals surface area contributed by atoms with E-state index in [4.69, 9.17) is 4.74 Å². The largest absolute Gasteiger partial charge is 0.497 e. The summed E-state index contributed by atoms with van der Waals surface area (Å²) in [7, 11) is 1.54. The monoisotopic (exact) mass is 439 g/mol. The first kappa shape index (κ1) is 21.8. The summed E-state index contributed by atoms with van der Waals surface area (Å²) in [6, 6.07) is 23.3. The maximum atomic E-state index is 14.3. The average molecular weight is 439 g/mol. The van der Waals surface area contributed by atoms with Crippen molar-refractivity contribution in [3.63, 3.8) is 0 Å². The average Bonchev–Trinajstić information content (AvgIpc) is 3.09. The molecule has 0 unspecified atom stereocenters. The molecule has 0 saturated heterocycles. The fraction of sp³-hybridized carbons (Fsp3) is 0.111. The lowest BCUT2D eigenvalue weighted by Crippen LogP contribution is -2.13. The number of hydrogen-bond donors (Lipinski definition) is 1. The van der Waals surface area contributed by atoms with Crippen LogP contribution in [0.25, 0.3) is 17.0 Å². The molecule has 0 aliphatic rings. The van der Waals surface area contributed by atoms with E-state index in [1.807, 2.05) is 41.8 Å². The van der Waals surface area contributed by atoms with E-state index >= 15 is 0 Å². The first-order chi connectivity index (χ1) is 16.0. The van der Waals surface area contributed by atoms with Gasteiger partial charge in [-0.25, -0.2) is 4.39 Å². The van der Waals surface area contributed by atoms with Gasteiger partial charge in [-0.05, 0) is 37.3 Å². The maximum absolute atomic E-state index is 14.3. The summed E-state index contributed by atoms with van der Waals surface area (Å²) in [5.74, 6) is -0.194. The summed E-state index contributed by atoms with van der Waals surface area (Å²) in [5.41, 5.74) is 3.54. The van der Waals surface area contributed by atoms with Crippen LogP contribution in [0.3, 0.4) is 0 Å². The highest BCUT2D eigenvalue weighted by Crippen LogP contribution is 2.29. The molecule has 6 heteroatoms. The van der Waals surface area contributed by atoms with E-state index in [1.165, 1.54) is 6.07 Å². The standard InChI is InChI=1S/C27H22FN3O2/c1-18-24(14-20(16-29)27(32)30-21-9-7-10-22(15-21)33-2)23-11-4-6-13-26(23)31(18)17-19-8-3-5-12-25(19)28/h3-15H,17H2,1-2H3,(H,30,32). The Bertz CT molecular complexity index is 1410. The molecule has 33 heavy (non-hydrogen) atoms. The van der Waals surface area contributed by atoms with Gasteiger partial charge in [-0.3, -0.25) is 4.79 Å². The Labute approximate surface area is 191 Å². The van der Waals surface area contributed by atoms with Crippen LogP contribution in [0.2, 0.25) is 0 Å². The highest BCUT2D eigenvalue weighted by atomic mass is 19.1. The van der Waals surface area contributed by atoms with Crippen molar-refractivity contribution in [1.29, 1.82) is 5.26 Å². The number of carbonyl (C=O) groups is 1. The quantitative estimate of drug-likeness (QED) is 0.310. The molecule has 0 fully saturated rings. The van der Waals surface area contributed by atoms with Crippen molar-refractivity contribution in [3.8, 4) is 11.8 Å². The fourth-order valence-electron chi connectivity index (χ4n) is 3.83. The van der Waals surface area contributed by atoms with Gasteiger partial charge in [-0.2, -0.15) is 5.26 Å². The first-order valence-electron chi connectivity index (χ1n) is 10.4. The second-order valence-corrected chi connectivity index (χ2v) is 7.55. The summed E-state index contributed by atoms with van der Waals surface area (Å²) >= 11 is 0. The molecule has 4 aromatic rings. The van der Waals surface area contributed by atoms with Crippen LogP contribution in [0.4, 0.5) is 10.1 Å². The van der Waals surface area contributed by atoms with Gasteiger partial charge in [0.15, 0.2) is 0 Å². The molecule has 1 aromatic heterocycles. The van der Waals surface area contributed by atoms with Crippen molar-refractivity contribution in [2.45, 2.75) is 13.5 Å². The van der Waals surface area contributed by atoms with Crippen molar-refractivity contribution in [2.24, 2.45) is 0 Å². The van der Waals surface area contributed by atoms with Gasteiger partial charge in [0, 0.05) is 39.5 Å². The van der Waals surface area contributed by atoms with E-state index in [1.54, 1.807) is 55.7 Å². The molecule has 0 spiro atoms. The summed E-state index contributed by atoms with van der Waals surface area (Å²) in [6.45, 7) is 2.24. The van der Waals surface area contributed by atoms with Crippen molar-refractivity contribution < 1.29 is 13.9 Å². The van der Waals surface area contributed by atoms with Crippen molar-refractivity contribution in [1.82, 2.24) is 4.57 Å². The lowest BCUT2D eigenvalue weighted by molar-refractivity contribution is -0.112.